The largest absolute Gasteiger partial charge is 0.496 e. The van der Waals surface area contributed by atoms with E-state index < -0.39 is 10.0 Å². The minimum absolute atomic E-state index is 0.159. The molecule has 1 aliphatic rings. The van der Waals surface area contributed by atoms with Crippen molar-refractivity contribution in [3.05, 3.63) is 47.5 Å². The molecule has 0 aromatic heterocycles. The second-order valence-electron chi connectivity index (χ2n) is 7.46. The molecule has 1 aliphatic heterocycles. The average molecular weight is 479 g/mol. The van der Waals surface area contributed by atoms with Crippen LogP contribution in [0, 0.1) is 0 Å². The molecule has 3 rings (SSSR count). The van der Waals surface area contributed by atoms with Crippen molar-refractivity contribution >= 4 is 15.9 Å². The number of rotatable bonds is 10. The number of benzene rings is 2. The van der Waals surface area contributed by atoms with Crippen LogP contribution in [0.4, 0.5) is 0 Å². The lowest BCUT2D eigenvalue weighted by molar-refractivity contribution is -0.121. The molecule has 0 atom stereocenters. The van der Waals surface area contributed by atoms with Gasteiger partial charge in [0.15, 0.2) is 11.5 Å². The van der Waals surface area contributed by atoms with E-state index in [9.17, 15) is 13.2 Å². The lowest BCUT2D eigenvalue weighted by Gasteiger charge is -2.26. The quantitative estimate of drug-likeness (QED) is 0.557. The molecule has 0 spiro atoms. The summed E-state index contributed by atoms with van der Waals surface area (Å²) in [6.07, 6.45) is 0.526. The topological polar surface area (TPSA) is 103 Å². The van der Waals surface area contributed by atoms with E-state index in [1.54, 1.807) is 32.4 Å². The smallest absolute Gasteiger partial charge is 0.243 e. The molecular weight excluding hydrogens is 448 g/mol. The van der Waals surface area contributed by atoms with Crippen molar-refractivity contribution in [1.82, 2.24) is 9.62 Å². The summed E-state index contributed by atoms with van der Waals surface area (Å²) in [5.74, 6) is 1.59. The molecule has 33 heavy (non-hydrogen) atoms. The predicted molar refractivity (Wildman–Crippen MR) is 122 cm³/mol. The van der Waals surface area contributed by atoms with Crippen molar-refractivity contribution in [3.8, 4) is 17.2 Å². The number of ether oxygens (including phenoxy) is 4. The average Bonchev–Trinajstić information content (AvgIpc) is 2.86. The van der Waals surface area contributed by atoms with Crippen molar-refractivity contribution in [1.29, 1.82) is 0 Å². The number of carbonyl (C=O) groups excluding carboxylic acids is 1. The van der Waals surface area contributed by atoms with Crippen LogP contribution in [0.25, 0.3) is 0 Å². The van der Waals surface area contributed by atoms with E-state index in [2.05, 4.69) is 5.32 Å². The Balaban J connectivity index is 1.64. The monoisotopic (exact) mass is 478 g/mol. The summed E-state index contributed by atoms with van der Waals surface area (Å²) in [6, 6.07) is 10.2. The maximum atomic E-state index is 13.0. The Labute approximate surface area is 194 Å². The van der Waals surface area contributed by atoms with Crippen LogP contribution in [-0.4, -0.2) is 66.3 Å². The first-order chi connectivity index (χ1) is 15.9. The van der Waals surface area contributed by atoms with Crippen LogP contribution in [0.3, 0.4) is 0 Å². The van der Waals surface area contributed by atoms with Gasteiger partial charge in [-0.2, -0.15) is 4.31 Å². The number of nitrogens with zero attached hydrogens (tertiary/aromatic N) is 1. The van der Waals surface area contributed by atoms with Gasteiger partial charge in [-0.3, -0.25) is 4.79 Å². The number of methoxy groups -OCH3 is 3. The van der Waals surface area contributed by atoms with Crippen LogP contribution < -0.4 is 19.5 Å². The van der Waals surface area contributed by atoms with Gasteiger partial charge in [0.2, 0.25) is 15.9 Å². The van der Waals surface area contributed by atoms with Gasteiger partial charge < -0.3 is 24.3 Å². The van der Waals surface area contributed by atoms with Gasteiger partial charge in [-0.15, -0.1) is 0 Å². The fourth-order valence-corrected chi connectivity index (χ4v) is 5.03. The van der Waals surface area contributed by atoms with E-state index in [0.29, 0.717) is 62.1 Å². The molecule has 0 unspecified atom stereocenters. The number of sulfonamides is 1. The Morgan fingerprint density at radius 2 is 1.64 bits per heavy atom. The van der Waals surface area contributed by atoms with Gasteiger partial charge in [0.1, 0.15) is 5.75 Å². The zero-order valence-electron chi connectivity index (χ0n) is 19.1. The van der Waals surface area contributed by atoms with Gasteiger partial charge in [0.25, 0.3) is 0 Å². The molecule has 0 aliphatic carbocycles. The molecule has 2 aromatic rings. The first kappa shape index (κ1) is 24.8. The maximum absolute atomic E-state index is 13.0. The molecule has 0 bridgehead atoms. The van der Waals surface area contributed by atoms with Crippen LogP contribution in [0.5, 0.6) is 17.2 Å². The van der Waals surface area contributed by atoms with E-state index >= 15 is 0 Å². The van der Waals surface area contributed by atoms with Crippen LogP contribution in [0.1, 0.15) is 17.5 Å². The van der Waals surface area contributed by atoms with Gasteiger partial charge >= 0.3 is 0 Å². The molecule has 2 aromatic carbocycles. The van der Waals surface area contributed by atoms with E-state index in [4.69, 9.17) is 18.9 Å². The number of hydrogen-bond acceptors (Lipinski definition) is 7. The predicted octanol–water partition coefficient (Wildman–Crippen LogP) is 1.98. The fourth-order valence-electron chi connectivity index (χ4n) is 3.57. The van der Waals surface area contributed by atoms with E-state index in [0.717, 1.165) is 5.56 Å². The lowest BCUT2D eigenvalue weighted by atomic mass is 10.1. The standard InChI is InChI=1S/C23H30N2O7S/c1-29-20-8-6-19(33(27,28)25-10-12-32-13-11-25)15-18(20)5-9-23(26)24-16-17-4-7-21(30-2)22(14-17)31-3/h4,6-8,14-15H,5,9-13,16H2,1-3H3,(H,24,26). The number of morpholine rings is 1. The molecule has 0 saturated carbocycles. The maximum Gasteiger partial charge on any atom is 0.243 e. The van der Waals surface area contributed by atoms with Crippen LogP contribution in [-0.2, 0) is 32.5 Å². The lowest BCUT2D eigenvalue weighted by Crippen LogP contribution is -2.40. The van der Waals surface area contributed by atoms with Crippen molar-refractivity contribution in [2.45, 2.75) is 24.3 Å². The normalized spacial score (nSPS) is 14.5. The van der Waals surface area contributed by atoms with Crippen molar-refractivity contribution in [2.24, 2.45) is 0 Å². The SMILES string of the molecule is COc1ccc(S(=O)(=O)N2CCOCC2)cc1CCC(=O)NCc1ccc(OC)c(OC)c1. The highest BCUT2D eigenvalue weighted by Gasteiger charge is 2.27. The van der Waals surface area contributed by atoms with Crippen molar-refractivity contribution < 1.29 is 32.2 Å². The molecule has 1 saturated heterocycles. The summed E-state index contributed by atoms with van der Waals surface area (Å²) in [7, 11) is 1.01. The highest BCUT2D eigenvalue weighted by molar-refractivity contribution is 7.89. The number of amides is 1. The summed E-state index contributed by atoms with van der Waals surface area (Å²) < 4.78 is 48.5. The van der Waals surface area contributed by atoms with Gasteiger partial charge in [0.05, 0.1) is 39.4 Å². The van der Waals surface area contributed by atoms with E-state index in [1.165, 1.54) is 17.5 Å². The summed E-state index contributed by atoms with van der Waals surface area (Å²) in [6.45, 7) is 1.73. The van der Waals surface area contributed by atoms with Gasteiger partial charge in [0, 0.05) is 26.1 Å². The minimum Gasteiger partial charge on any atom is -0.496 e. The Hall–Kier alpha value is -2.82. The van der Waals surface area contributed by atoms with Crippen LogP contribution in [0.15, 0.2) is 41.3 Å². The fraction of sp³-hybridized carbons (Fsp3) is 0.435. The van der Waals surface area contributed by atoms with Gasteiger partial charge in [-0.1, -0.05) is 6.07 Å². The first-order valence-electron chi connectivity index (χ1n) is 10.6. The molecule has 1 N–H and O–H groups in total. The number of carbonyl (C=O) groups is 1. The molecule has 1 amide bonds. The van der Waals surface area contributed by atoms with Gasteiger partial charge in [-0.05, 0) is 47.9 Å². The third kappa shape index (κ3) is 6.16. The Bertz CT molecular complexity index is 1070. The minimum atomic E-state index is -3.63. The number of hydrogen-bond donors (Lipinski definition) is 1. The number of nitrogens with one attached hydrogen (secondary N) is 1. The van der Waals surface area contributed by atoms with Crippen molar-refractivity contribution in [2.75, 3.05) is 47.6 Å². The third-order valence-corrected chi connectivity index (χ3v) is 7.31. The summed E-state index contributed by atoms with van der Waals surface area (Å²) in [5.41, 5.74) is 1.53. The summed E-state index contributed by atoms with van der Waals surface area (Å²) >= 11 is 0. The number of aryl methyl sites for hydroxylation is 1. The second-order valence-corrected chi connectivity index (χ2v) is 9.39. The second kappa shape index (κ2) is 11.4. The molecule has 180 valence electrons. The summed E-state index contributed by atoms with van der Waals surface area (Å²) in [5, 5.41) is 2.88. The molecule has 9 nitrogen and oxygen atoms in total. The van der Waals surface area contributed by atoms with E-state index in [1.807, 2.05) is 12.1 Å². The molecule has 1 fully saturated rings. The molecular formula is C23H30N2O7S. The highest BCUT2D eigenvalue weighted by Crippen LogP contribution is 2.28. The zero-order valence-corrected chi connectivity index (χ0v) is 19.9. The Morgan fingerprint density at radius 1 is 0.970 bits per heavy atom. The molecule has 10 heteroatoms. The van der Waals surface area contributed by atoms with E-state index in [-0.39, 0.29) is 17.2 Å². The van der Waals surface area contributed by atoms with Gasteiger partial charge in [-0.25, -0.2) is 8.42 Å². The molecule has 0 radical (unpaired) electrons. The van der Waals surface area contributed by atoms with Crippen LogP contribution in [0.2, 0.25) is 0 Å². The zero-order chi connectivity index (χ0) is 23.8. The first-order valence-corrected chi connectivity index (χ1v) is 12.1. The molecule has 1 heterocycles. The third-order valence-electron chi connectivity index (χ3n) is 5.42. The van der Waals surface area contributed by atoms with Crippen LogP contribution >= 0.6 is 0 Å². The van der Waals surface area contributed by atoms with Crippen molar-refractivity contribution in [3.63, 3.8) is 0 Å². The summed E-state index contributed by atoms with van der Waals surface area (Å²) in [4.78, 5) is 12.6. The Morgan fingerprint density at radius 3 is 2.30 bits per heavy atom. The highest BCUT2D eigenvalue weighted by atomic mass is 32.2. The Kier molecular flexibility index (Phi) is 8.54.